The Kier molecular flexibility index (Phi) is 3.43. The van der Waals surface area contributed by atoms with E-state index in [2.05, 4.69) is 5.10 Å². The van der Waals surface area contributed by atoms with Gasteiger partial charge in [-0.3, -0.25) is 4.68 Å². The van der Waals surface area contributed by atoms with Crippen molar-refractivity contribution in [2.45, 2.75) is 19.4 Å². The molecule has 0 aliphatic carbocycles. The summed E-state index contributed by atoms with van der Waals surface area (Å²) in [5.41, 5.74) is 8.08. The molecule has 0 bridgehead atoms. The average Bonchev–Trinajstić information content (AvgIpc) is 2.65. The molecule has 1 heterocycles. The van der Waals surface area contributed by atoms with Gasteiger partial charge in [0.25, 0.3) is 0 Å². The monoisotopic (exact) mass is 251 g/mol. The van der Waals surface area contributed by atoms with E-state index in [1.807, 2.05) is 14.0 Å². The number of nitrogens with zero attached hydrogens (tertiary/aromatic N) is 2. The van der Waals surface area contributed by atoms with Gasteiger partial charge in [0.2, 0.25) is 0 Å². The molecule has 96 valence electrons. The van der Waals surface area contributed by atoms with Gasteiger partial charge in [-0.1, -0.05) is 0 Å². The number of hydrogen-bond donors (Lipinski definition) is 1. The molecule has 1 unspecified atom stereocenters. The van der Waals surface area contributed by atoms with Crippen molar-refractivity contribution >= 4 is 0 Å². The molecule has 0 fully saturated rings. The van der Waals surface area contributed by atoms with Gasteiger partial charge >= 0.3 is 0 Å². The minimum absolute atomic E-state index is 0.246. The van der Waals surface area contributed by atoms with E-state index in [1.165, 1.54) is 6.07 Å². The molecule has 2 N–H and O–H groups in total. The molecule has 0 amide bonds. The average molecular weight is 251 g/mol. The van der Waals surface area contributed by atoms with Gasteiger partial charge in [0.1, 0.15) is 11.6 Å². The number of benzene rings is 1. The van der Waals surface area contributed by atoms with Crippen LogP contribution < -0.4 is 5.73 Å². The number of aryl methyl sites for hydroxylation is 1. The van der Waals surface area contributed by atoms with Crippen molar-refractivity contribution in [1.82, 2.24) is 9.78 Å². The lowest BCUT2D eigenvalue weighted by Gasteiger charge is -2.12. The van der Waals surface area contributed by atoms with Gasteiger partial charge in [0.05, 0.1) is 6.20 Å². The van der Waals surface area contributed by atoms with Crippen LogP contribution in [0.3, 0.4) is 0 Å². The number of aromatic nitrogens is 2. The zero-order valence-corrected chi connectivity index (χ0v) is 10.3. The predicted molar refractivity (Wildman–Crippen MR) is 64.9 cm³/mol. The SMILES string of the molecule is Cc1c(C(N)Cc2cc(F)ccc2F)cnn1C. The topological polar surface area (TPSA) is 43.8 Å². The second-order valence-corrected chi connectivity index (χ2v) is 4.36. The third kappa shape index (κ3) is 2.41. The minimum Gasteiger partial charge on any atom is -0.324 e. The molecule has 1 aromatic heterocycles. The number of rotatable bonds is 3. The zero-order valence-electron chi connectivity index (χ0n) is 10.3. The Bertz CT molecular complexity index is 563. The summed E-state index contributed by atoms with van der Waals surface area (Å²) in [6, 6.07) is 3.00. The van der Waals surface area contributed by atoms with Gasteiger partial charge in [0.15, 0.2) is 0 Å². The van der Waals surface area contributed by atoms with Gasteiger partial charge in [-0.25, -0.2) is 8.78 Å². The second kappa shape index (κ2) is 4.86. The van der Waals surface area contributed by atoms with E-state index in [9.17, 15) is 8.78 Å². The van der Waals surface area contributed by atoms with Gasteiger partial charge in [-0.05, 0) is 37.1 Å². The lowest BCUT2D eigenvalue weighted by Crippen LogP contribution is -2.15. The first-order chi connectivity index (χ1) is 8.49. The summed E-state index contributed by atoms with van der Waals surface area (Å²) in [5.74, 6) is -0.894. The molecule has 0 aliphatic rings. The van der Waals surface area contributed by atoms with E-state index < -0.39 is 17.7 Å². The molecule has 0 saturated heterocycles. The molecule has 2 aromatic rings. The highest BCUT2D eigenvalue weighted by atomic mass is 19.1. The summed E-state index contributed by atoms with van der Waals surface area (Å²) in [6.07, 6.45) is 1.91. The zero-order chi connectivity index (χ0) is 13.3. The molecule has 0 spiro atoms. The van der Waals surface area contributed by atoms with Crippen LogP contribution in [0.4, 0.5) is 8.78 Å². The maximum Gasteiger partial charge on any atom is 0.126 e. The van der Waals surface area contributed by atoms with Gasteiger partial charge in [0, 0.05) is 24.3 Å². The van der Waals surface area contributed by atoms with Crippen molar-refractivity contribution in [3.05, 3.63) is 52.9 Å². The highest BCUT2D eigenvalue weighted by molar-refractivity contribution is 5.25. The summed E-state index contributed by atoms with van der Waals surface area (Å²) in [4.78, 5) is 0. The van der Waals surface area contributed by atoms with E-state index in [0.717, 1.165) is 23.4 Å². The maximum absolute atomic E-state index is 13.5. The fraction of sp³-hybridized carbons (Fsp3) is 0.308. The van der Waals surface area contributed by atoms with Gasteiger partial charge in [-0.2, -0.15) is 5.10 Å². The first-order valence-electron chi connectivity index (χ1n) is 5.67. The van der Waals surface area contributed by atoms with Crippen LogP contribution in [0.15, 0.2) is 24.4 Å². The summed E-state index contributed by atoms with van der Waals surface area (Å²) in [7, 11) is 1.81. The van der Waals surface area contributed by atoms with Crippen molar-refractivity contribution < 1.29 is 8.78 Å². The van der Waals surface area contributed by atoms with Crippen LogP contribution in [0, 0.1) is 18.6 Å². The van der Waals surface area contributed by atoms with Crippen LogP contribution in [0.2, 0.25) is 0 Å². The van der Waals surface area contributed by atoms with Crippen LogP contribution in [0.5, 0.6) is 0 Å². The Morgan fingerprint density at radius 1 is 1.39 bits per heavy atom. The van der Waals surface area contributed by atoms with E-state index in [-0.39, 0.29) is 12.0 Å². The second-order valence-electron chi connectivity index (χ2n) is 4.36. The summed E-state index contributed by atoms with van der Waals surface area (Å²) < 4.78 is 28.3. The number of hydrogen-bond acceptors (Lipinski definition) is 2. The number of halogens is 2. The minimum atomic E-state index is -0.457. The summed E-state index contributed by atoms with van der Waals surface area (Å²) >= 11 is 0. The predicted octanol–water partition coefficient (Wildman–Crippen LogP) is 2.25. The third-order valence-corrected chi connectivity index (χ3v) is 3.12. The highest BCUT2D eigenvalue weighted by Crippen LogP contribution is 2.21. The standard InChI is InChI=1S/C13H15F2N3/c1-8-11(7-17-18(8)2)13(16)6-9-5-10(14)3-4-12(9)15/h3-5,7,13H,6,16H2,1-2H3. The molecule has 1 atom stereocenters. The molecule has 18 heavy (non-hydrogen) atoms. The molecule has 2 rings (SSSR count). The Labute approximate surface area is 104 Å². The third-order valence-electron chi connectivity index (χ3n) is 3.12. The lowest BCUT2D eigenvalue weighted by atomic mass is 10.00. The summed E-state index contributed by atoms with van der Waals surface area (Å²) in [5, 5.41) is 4.09. The number of nitrogens with two attached hydrogens (primary N) is 1. The fourth-order valence-corrected chi connectivity index (χ4v) is 1.93. The molecule has 1 aromatic carbocycles. The van der Waals surface area contributed by atoms with Crippen LogP contribution in [-0.4, -0.2) is 9.78 Å². The fourth-order valence-electron chi connectivity index (χ4n) is 1.93. The smallest absolute Gasteiger partial charge is 0.126 e. The maximum atomic E-state index is 13.5. The van der Waals surface area contributed by atoms with Gasteiger partial charge in [-0.15, -0.1) is 0 Å². The molecular formula is C13H15F2N3. The Morgan fingerprint density at radius 2 is 2.11 bits per heavy atom. The molecular weight excluding hydrogens is 236 g/mol. The van der Waals surface area contributed by atoms with Crippen molar-refractivity contribution in [2.24, 2.45) is 12.8 Å². The quantitative estimate of drug-likeness (QED) is 0.909. The summed E-state index contributed by atoms with van der Waals surface area (Å²) in [6.45, 7) is 1.89. The van der Waals surface area contributed by atoms with Crippen molar-refractivity contribution in [3.63, 3.8) is 0 Å². The van der Waals surface area contributed by atoms with E-state index in [0.29, 0.717) is 0 Å². The molecule has 5 heteroatoms. The molecule has 0 saturated carbocycles. The van der Waals surface area contributed by atoms with E-state index in [4.69, 9.17) is 5.73 Å². The Balaban J connectivity index is 2.23. The first kappa shape index (κ1) is 12.7. The molecule has 3 nitrogen and oxygen atoms in total. The first-order valence-corrected chi connectivity index (χ1v) is 5.67. The highest BCUT2D eigenvalue weighted by Gasteiger charge is 2.15. The van der Waals surface area contributed by atoms with E-state index >= 15 is 0 Å². The van der Waals surface area contributed by atoms with E-state index in [1.54, 1.807) is 10.9 Å². The Hall–Kier alpha value is -1.75. The van der Waals surface area contributed by atoms with Crippen LogP contribution in [-0.2, 0) is 13.5 Å². The normalized spacial score (nSPS) is 12.7. The van der Waals surface area contributed by atoms with Crippen LogP contribution in [0.25, 0.3) is 0 Å². The van der Waals surface area contributed by atoms with Crippen molar-refractivity contribution in [1.29, 1.82) is 0 Å². The van der Waals surface area contributed by atoms with Crippen LogP contribution >= 0.6 is 0 Å². The molecule has 0 aliphatic heterocycles. The van der Waals surface area contributed by atoms with Crippen LogP contribution in [0.1, 0.15) is 22.9 Å². The molecule has 0 radical (unpaired) electrons. The Morgan fingerprint density at radius 3 is 2.72 bits per heavy atom. The largest absolute Gasteiger partial charge is 0.324 e. The van der Waals surface area contributed by atoms with Crippen molar-refractivity contribution in [2.75, 3.05) is 0 Å². The van der Waals surface area contributed by atoms with Gasteiger partial charge < -0.3 is 5.73 Å². The van der Waals surface area contributed by atoms with Crippen molar-refractivity contribution in [3.8, 4) is 0 Å². The lowest BCUT2D eigenvalue weighted by molar-refractivity contribution is 0.572.